The Morgan fingerprint density at radius 3 is 2.95 bits per heavy atom. The molecule has 2 aliphatic rings. The van der Waals surface area contributed by atoms with Gasteiger partial charge in [-0.15, -0.1) is 0 Å². The number of para-hydroxylation sites is 1. The average molecular weight is 254 g/mol. The number of benzene rings is 1. The van der Waals surface area contributed by atoms with Crippen LogP contribution in [0.2, 0.25) is 0 Å². The number of fused-ring (bicyclic) bond motifs is 1. The van der Waals surface area contributed by atoms with Crippen molar-refractivity contribution in [3.05, 3.63) is 53.8 Å². The molecule has 19 heavy (non-hydrogen) atoms. The number of hydrogen-bond acceptors (Lipinski definition) is 2. The summed E-state index contributed by atoms with van der Waals surface area (Å²) in [4.78, 5) is 12.1. The number of hydrogen-bond donors (Lipinski definition) is 0. The lowest BCUT2D eigenvalue weighted by Gasteiger charge is -2.24. The minimum Gasteiger partial charge on any atom is -0.454 e. The summed E-state index contributed by atoms with van der Waals surface area (Å²) in [7, 11) is 0. The molecule has 2 nitrogen and oxygen atoms in total. The maximum Gasteiger partial charge on any atom is 0.202 e. The Kier molecular flexibility index (Phi) is 3.24. The molecule has 2 heteroatoms. The smallest absolute Gasteiger partial charge is 0.202 e. The predicted octanol–water partition coefficient (Wildman–Crippen LogP) is 3.82. The van der Waals surface area contributed by atoms with Gasteiger partial charge < -0.3 is 4.74 Å². The largest absolute Gasteiger partial charge is 0.454 e. The first-order valence-corrected chi connectivity index (χ1v) is 6.92. The van der Waals surface area contributed by atoms with E-state index in [-0.39, 0.29) is 5.78 Å². The fraction of sp³-hybridized carbons (Fsp3) is 0.353. The van der Waals surface area contributed by atoms with Gasteiger partial charge in [-0.05, 0) is 31.4 Å². The molecule has 1 fully saturated rings. The number of rotatable bonds is 1. The maximum atomic E-state index is 12.1. The van der Waals surface area contributed by atoms with Crippen molar-refractivity contribution in [2.75, 3.05) is 0 Å². The van der Waals surface area contributed by atoms with E-state index in [0.717, 1.165) is 24.2 Å². The Hall–Kier alpha value is -1.83. The highest BCUT2D eigenvalue weighted by Crippen LogP contribution is 2.32. The van der Waals surface area contributed by atoms with Gasteiger partial charge in [-0.2, -0.15) is 0 Å². The lowest BCUT2D eigenvalue weighted by atomic mass is 9.84. The fourth-order valence-electron chi connectivity index (χ4n) is 2.80. The van der Waals surface area contributed by atoms with Crippen molar-refractivity contribution < 1.29 is 9.53 Å². The van der Waals surface area contributed by atoms with Gasteiger partial charge in [-0.25, -0.2) is 0 Å². The molecule has 1 atom stereocenters. The van der Waals surface area contributed by atoms with Crippen LogP contribution in [0.3, 0.4) is 0 Å². The second-order valence-electron chi connectivity index (χ2n) is 5.35. The van der Waals surface area contributed by atoms with Gasteiger partial charge in [-0.3, -0.25) is 4.79 Å². The minimum atomic E-state index is 0.0806. The number of Topliss-reactive ketones (excluding diaryl/α,β-unsaturated/α-hetero) is 1. The Labute approximate surface area is 113 Å². The van der Waals surface area contributed by atoms with Crippen LogP contribution >= 0.6 is 0 Å². The van der Waals surface area contributed by atoms with Crippen LogP contribution in [-0.2, 0) is 11.2 Å². The van der Waals surface area contributed by atoms with Crippen molar-refractivity contribution in [1.29, 1.82) is 0 Å². The average Bonchev–Trinajstić information content (AvgIpc) is 2.42. The molecule has 1 aromatic carbocycles. The molecular formula is C17H18O2. The minimum absolute atomic E-state index is 0.0806. The Morgan fingerprint density at radius 2 is 2.11 bits per heavy atom. The normalized spacial score (nSPS) is 25.1. The van der Waals surface area contributed by atoms with E-state index < -0.39 is 0 Å². The Morgan fingerprint density at radius 1 is 1.26 bits per heavy atom. The summed E-state index contributed by atoms with van der Waals surface area (Å²) in [6.07, 6.45) is 7.01. The molecule has 0 amide bonds. The van der Waals surface area contributed by atoms with Gasteiger partial charge in [-0.1, -0.05) is 36.8 Å². The first-order chi connectivity index (χ1) is 9.24. The molecule has 0 N–H and O–H groups in total. The van der Waals surface area contributed by atoms with Gasteiger partial charge >= 0.3 is 0 Å². The van der Waals surface area contributed by atoms with Gasteiger partial charge in [0.25, 0.3) is 0 Å². The summed E-state index contributed by atoms with van der Waals surface area (Å²) >= 11 is 0. The summed E-state index contributed by atoms with van der Waals surface area (Å²) < 4.78 is 5.77. The van der Waals surface area contributed by atoms with E-state index in [2.05, 4.69) is 6.58 Å². The number of ether oxygens (including phenoxy) is 1. The molecule has 1 saturated carbocycles. The molecule has 1 aliphatic carbocycles. The third kappa shape index (κ3) is 2.48. The van der Waals surface area contributed by atoms with Gasteiger partial charge in [0.15, 0.2) is 5.76 Å². The zero-order chi connectivity index (χ0) is 13.2. The summed E-state index contributed by atoms with van der Waals surface area (Å²) in [5.74, 6) is 1.71. The topological polar surface area (TPSA) is 26.3 Å². The van der Waals surface area contributed by atoms with E-state index in [4.69, 9.17) is 4.74 Å². The monoisotopic (exact) mass is 254 g/mol. The molecule has 0 spiro atoms. The number of ketones is 1. The highest BCUT2D eigenvalue weighted by atomic mass is 16.5. The van der Waals surface area contributed by atoms with Crippen molar-refractivity contribution in [3.8, 4) is 5.75 Å². The maximum absolute atomic E-state index is 12.1. The van der Waals surface area contributed by atoms with E-state index in [1.807, 2.05) is 30.3 Å². The van der Waals surface area contributed by atoms with E-state index >= 15 is 0 Å². The summed E-state index contributed by atoms with van der Waals surface area (Å²) in [6.45, 7) is 4.12. The summed E-state index contributed by atoms with van der Waals surface area (Å²) in [5.41, 5.74) is 2.21. The molecule has 0 bridgehead atoms. The van der Waals surface area contributed by atoms with Crippen LogP contribution in [0.25, 0.3) is 0 Å². The van der Waals surface area contributed by atoms with Crippen molar-refractivity contribution in [3.63, 3.8) is 0 Å². The Balaban J connectivity index is 1.86. The lowest BCUT2D eigenvalue weighted by Crippen LogP contribution is -2.20. The molecule has 1 aromatic rings. The van der Waals surface area contributed by atoms with Crippen LogP contribution in [0, 0.1) is 5.92 Å². The lowest BCUT2D eigenvalue weighted by molar-refractivity contribution is -0.117. The van der Waals surface area contributed by atoms with Gasteiger partial charge in [0.1, 0.15) is 5.75 Å². The van der Waals surface area contributed by atoms with Crippen LogP contribution in [0.5, 0.6) is 5.75 Å². The zero-order valence-corrected chi connectivity index (χ0v) is 11.0. The van der Waals surface area contributed by atoms with Gasteiger partial charge in [0.2, 0.25) is 5.78 Å². The number of carbonyl (C=O) groups excluding carboxylic acids is 1. The van der Waals surface area contributed by atoms with Crippen LogP contribution < -0.4 is 4.74 Å². The molecular weight excluding hydrogens is 236 g/mol. The highest BCUT2D eigenvalue weighted by Gasteiger charge is 2.24. The number of carbonyl (C=O) groups is 1. The SMILES string of the molecule is C=C1CCCCC1/C=C1\Oc2ccccc2CC1=O. The van der Waals surface area contributed by atoms with Crippen molar-refractivity contribution in [1.82, 2.24) is 0 Å². The molecule has 3 rings (SSSR count). The van der Waals surface area contributed by atoms with Crippen molar-refractivity contribution >= 4 is 5.78 Å². The summed E-state index contributed by atoms with van der Waals surface area (Å²) in [5, 5.41) is 0. The third-order valence-corrected chi connectivity index (χ3v) is 3.96. The predicted molar refractivity (Wildman–Crippen MR) is 75.0 cm³/mol. The highest BCUT2D eigenvalue weighted by molar-refractivity contribution is 5.97. The molecule has 0 aromatic heterocycles. The molecule has 1 aliphatic heterocycles. The first-order valence-electron chi connectivity index (χ1n) is 6.92. The quantitative estimate of drug-likeness (QED) is 0.562. The van der Waals surface area contributed by atoms with Crippen LogP contribution in [0.15, 0.2) is 48.3 Å². The van der Waals surface area contributed by atoms with Gasteiger partial charge in [0.05, 0.1) is 0 Å². The first kappa shape index (κ1) is 12.2. The van der Waals surface area contributed by atoms with E-state index in [0.29, 0.717) is 18.1 Å². The van der Waals surface area contributed by atoms with E-state index in [1.54, 1.807) is 0 Å². The van der Waals surface area contributed by atoms with E-state index in [9.17, 15) is 4.79 Å². The summed E-state index contributed by atoms with van der Waals surface area (Å²) in [6, 6.07) is 7.74. The Bertz CT molecular complexity index is 554. The van der Waals surface area contributed by atoms with Crippen LogP contribution in [0.1, 0.15) is 31.2 Å². The van der Waals surface area contributed by atoms with Crippen molar-refractivity contribution in [2.45, 2.75) is 32.1 Å². The molecule has 1 unspecified atom stereocenters. The van der Waals surface area contributed by atoms with Crippen LogP contribution in [-0.4, -0.2) is 5.78 Å². The number of allylic oxidation sites excluding steroid dienone is 3. The molecule has 1 heterocycles. The van der Waals surface area contributed by atoms with E-state index in [1.165, 1.54) is 18.4 Å². The van der Waals surface area contributed by atoms with Crippen molar-refractivity contribution in [2.24, 2.45) is 5.92 Å². The fourth-order valence-corrected chi connectivity index (χ4v) is 2.80. The van der Waals surface area contributed by atoms with Gasteiger partial charge in [0, 0.05) is 17.9 Å². The molecule has 0 radical (unpaired) electrons. The second kappa shape index (κ2) is 5.04. The molecule has 0 saturated heterocycles. The zero-order valence-electron chi connectivity index (χ0n) is 11.0. The molecule has 98 valence electrons. The van der Waals surface area contributed by atoms with Crippen LogP contribution in [0.4, 0.5) is 0 Å². The third-order valence-electron chi connectivity index (χ3n) is 3.96. The standard InChI is InChI=1S/C17H18O2/c1-12-6-2-3-7-13(12)11-17-15(18)10-14-8-4-5-9-16(14)19-17/h4-5,8-9,11,13H,1-3,6-7,10H2/b17-11-. The second-order valence-corrected chi connectivity index (χ2v) is 5.35.